The molecule has 0 radical (unpaired) electrons. The van der Waals surface area contributed by atoms with Crippen molar-refractivity contribution in [1.29, 1.82) is 0 Å². The summed E-state index contributed by atoms with van der Waals surface area (Å²) >= 11 is 0. The van der Waals surface area contributed by atoms with Crippen molar-refractivity contribution in [2.75, 3.05) is 12.4 Å². The maximum atomic E-state index is 5.53. The smallest absolute Gasteiger partial charge is 0.144 e. The summed E-state index contributed by atoms with van der Waals surface area (Å²) in [6.07, 6.45) is 1.70. The predicted octanol–water partition coefficient (Wildman–Crippen LogP) is 2.30. The van der Waals surface area contributed by atoms with E-state index in [0.29, 0.717) is 12.4 Å². The van der Waals surface area contributed by atoms with Crippen molar-refractivity contribution in [3.8, 4) is 5.75 Å². The zero-order valence-electron chi connectivity index (χ0n) is 11.4. The zero-order valence-corrected chi connectivity index (χ0v) is 11.4. The molecule has 3 N–H and O–H groups in total. The minimum absolute atomic E-state index is 0.330. The quantitative estimate of drug-likeness (QED) is 0.880. The van der Waals surface area contributed by atoms with E-state index in [-0.39, 0.29) is 0 Å². The van der Waals surface area contributed by atoms with Gasteiger partial charge in [0.1, 0.15) is 17.4 Å². The fourth-order valence-electron chi connectivity index (χ4n) is 2.06. The van der Waals surface area contributed by atoms with Crippen LogP contribution in [0.1, 0.15) is 17.0 Å². The Morgan fingerprint density at radius 3 is 2.53 bits per heavy atom. The van der Waals surface area contributed by atoms with Crippen molar-refractivity contribution in [2.24, 2.45) is 5.73 Å². The van der Waals surface area contributed by atoms with E-state index in [1.54, 1.807) is 13.3 Å². The highest BCUT2D eigenvalue weighted by molar-refractivity contribution is 5.61. The van der Waals surface area contributed by atoms with Crippen LogP contribution in [0.4, 0.5) is 11.5 Å². The Morgan fingerprint density at radius 1 is 1.26 bits per heavy atom. The molecule has 0 bridgehead atoms. The standard InChI is InChI=1S/C14H18N4O/c1-9-6-11(7-10(2)14(9)19-3)17-12-4-5-16-13(8-15)18-12/h4-7H,8,15H2,1-3H3,(H,16,17,18). The van der Waals surface area contributed by atoms with E-state index in [2.05, 4.69) is 15.3 Å². The molecule has 0 spiro atoms. The minimum atomic E-state index is 0.330. The molecule has 0 aliphatic carbocycles. The Kier molecular flexibility index (Phi) is 3.97. The highest BCUT2D eigenvalue weighted by Gasteiger charge is 2.06. The van der Waals surface area contributed by atoms with E-state index in [0.717, 1.165) is 28.4 Å². The van der Waals surface area contributed by atoms with E-state index >= 15 is 0 Å². The molecule has 0 unspecified atom stereocenters. The third-order valence-corrected chi connectivity index (χ3v) is 2.82. The van der Waals surface area contributed by atoms with E-state index in [1.165, 1.54) is 0 Å². The summed E-state index contributed by atoms with van der Waals surface area (Å²) in [7, 11) is 1.68. The van der Waals surface area contributed by atoms with E-state index in [1.807, 2.05) is 32.0 Å². The molecule has 0 atom stereocenters. The summed E-state index contributed by atoms with van der Waals surface area (Å²) in [4.78, 5) is 8.38. The molecule has 0 amide bonds. The maximum absolute atomic E-state index is 5.53. The van der Waals surface area contributed by atoms with Crippen molar-refractivity contribution in [1.82, 2.24) is 9.97 Å². The predicted molar refractivity (Wildman–Crippen MR) is 75.7 cm³/mol. The van der Waals surface area contributed by atoms with Gasteiger partial charge in [-0.25, -0.2) is 9.97 Å². The van der Waals surface area contributed by atoms with Crippen molar-refractivity contribution in [2.45, 2.75) is 20.4 Å². The average Bonchev–Trinajstić information content (AvgIpc) is 2.38. The number of nitrogens with one attached hydrogen (secondary N) is 1. The van der Waals surface area contributed by atoms with Crippen LogP contribution in [-0.4, -0.2) is 17.1 Å². The second kappa shape index (κ2) is 5.67. The summed E-state index contributed by atoms with van der Waals surface area (Å²) in [6, 6.07) is 5.86. The fraction of sp³-hybridized carbons (Fsp3) is 0.286. The molecule has 0 fully saturated rings. The molecule has 1 heterocycles. The van der Waals surface area contributed by atoms with Gasteiger partial charge in [-0.2, -0.15) is 0 Å². The van der Waals surface area contributed by atoms with Crippen LogP contribution in [0.5, 0.6) is 5.75 Å². The number of hydrogen-bond donors (Lipinski definition) is 2. The van der Waals surface area contributed by atoms with Crippen molar-refractivity contribution < 1.29 is 4.74 Å². The molecule has 100 valence electrons. The summed E-state index contributed by atoms with van der Waals surface area (Å²) in [5.74, 6) is 2.27. The lowest BCUT2D eigenvalue weighted by Crippen LogP contribution is -2.05. The lowest BCUT2D eigenvalue weighted by Gasteiger charge is -2.12. The molecule has 19 heavy (non-hydrogen) atoms. The van der Waals surface area contributed by atoms with Gasteiger partial charge in [-0.3, -0.25) is 0 Å². The molecule has 2 aromatic rings. The van der Waals surface area contributed by atoms with Gasteiger partial charge in [0.05, 0.1) is 13.7 Å². The Bertz CT molecular complexity index is 560. The van der Waals surface area contributed by atoms with Crippen LogP contribution < -0.4 is 15.8 Å². The zero-order chi connectivity index (χ0) is 13.8. The first-order valence-electron chi connectivity index (χ1n) is 6.08. The number of ether oxygens (including phenoxy) is 1. The second-order valence-electron chi connectivity index (χ2n) is 4.33. The third kappa shape index (κ3) is 3.00. The summed E-state index contributed by atoms with van der Waals surface area (Å²) < 4.78 is 5.35. The van der Waals surface area contributed by atoms with Crippen LogP contribution in [-0.2, 0) is 6.54 Å². The summed E-state index contributed by atoms with van der Waals surface area (Å²) in [5, 5.41) is 3.25. The van der Waals surface area contributed by atoms with Crippen molar-refractivity contribution >= 4 is 11.5 Å². The Balaban J connectivity index is 2.28. The van der Waals surface area contributed by atoms with E-state index in [4.69, 9.17) is 10.5 Å². The van der Waals surface area contributed by atoms with Gasteiger partial charge in [-0.05, 0) is 43.2 Å². The first-order chi connectivity index (χ1) is 9.13. The molecule has 5 heteroatoms. The van der Waals surface area contributed by atoms with Crippen molar-refractivity contribution in [3.63, 3.8) is 0 Å². The lowest BCUT2D eigenvalue weighted by molar-refractivity contribution is 0.408. The fourth-order valence-corrected chi connectivity index (χ4v) is 2.06. The van der Waals surface area contributed by atoms with Gasteiger partial charge >= 0.3 is 0 Å². The van der Waals surface area contributed by atoms with E-state index < -0.39 is 0 Å². The molecule has 2 rings (SSSR count). The molecule has 1 aromatic heterocycles. The van der Waals surface area contributed by atoms with Gasteiger partial charge < -0.3 is 15.8 Å². The number of benzene rings is 1. The van der Waals surface area contributed by atoms with Gasteiger partial charge in [0.2, 0.25) is 0 Å². The Labute approximate surface area is 112 Å². The monoisotopic (exact) mass is 258 g/mol. The lowest BCUT2D eigenvalue weighted by atomic mass is 10.1. The van der Waals surface area contributed by atoms with Gasteiger partial charge in [0, 0.05) is 11.9 Å². The van der Waals surface area contributed by atoms with Gasteiger partial charge in [0.25, 0.3) is 0 Å². The van der Waals surface area contributed by atoms with Crippen LogP contribution in [0.15, 0.2) is 24.4 Å². The Hall–Kier alpha value is -2.14. The van der Waals surface area contributed by atoms with Crippen molar-refractivity contribution in [3.05, 3.63) is 41.3 Å². The number of hydrogen-bond acceptors (Lipinski definition) is 5. The van der Waals surface area contributed by atoms with Crippen LogP contribution in [0, 0.1) is 13.8 Å². The highest BCUT2D eigenvalue weighted by Crippen LogP contribution is 2.27. The van der Waals surface area contributed by atoms with Crippen LogP contribution in [0.2, 0.25) is 0 Å². The number of methoxy groups -OCH3 is 1. The maximum Gasteiger partial charge on any atom is 0.144 e. The average molecular weight is 258 g/mol. The van der Waals surface area contributed by atoms with Gasteiger partial charge in [-0.1, -0.05) is 0 Å². The molecule has 5 nitrogen and oxygen atoms in total. The minimum Gasteiger partial charge on any atom is -0.496 e. The number of nitrogens with zero attached hydrogens (tertiary/aromatic N) is 2. The SMILES string of the molecule is COc1c(C)cc(Nc2ccnc(CN)n2)cc1C. The third-order valence-electron chi connectivity index (χ3n) is 2.82. The molecule has 0 aliphatic rings. The van der Waals surface area contributed by atoms with Crippen LogP contribution in [0.25, 0.3) is 0 Å². The molecular formula is C14H18N4O. The molecule has 1 aromatic carbocycles. The number of rotatable bonds is 4. The molecule has 0 saturated heterocycles. The second-order valence-corrected chi connectivity index (χ2v) is 4.33. The van der Waals surface area contributed by atoms with Crippen LogP contribution >= 0.6 is 0 Å². The van der Waals surface area contributed by atoms with E-state index in [9.17, 15) is 0 Å². The molecule has 0 saturated carbocycles. The van der Waals surface area contributed by atoms with Crippen LogP contribution in [0.3, 0.4) is 0 Å². The topological polar surface area (TPSA) is 73.1 Å². The molecular weight excluding hydrogens is 240 g/mol. The Morgan fingerprint density at radius 2 is 1.95 bits per heavy atom. The first kappa shape index (κ1) is 13.3. The number of aryl methyl sites for hydroxylation is 2. The van der Waals surface area contributed by atoms with Gasteiger partial charge in [0.15, 0.2) is 0 Å². The number of nitrogens with two attached hydrogens (primary N) is 1. The summed E-state index contributed by atoms with van der Waals surface area (Å²) in [6.45, 7) is 4.36. The largest absolute Gasteiger partial charge is 0.496 e. The first-order valence-corrected chi connectivity index (χ1v) is 6.08. The number of anilines is 2. The number of aromatic nitrogens is 2. The highest BCUT2D eigenvalue weighted by atomic mass is 16.5. The van der Waals surface area contributed by atoms with Gasteiger partial charge in [-0.15, -0.1) is 0 Å². The summed E-state index contributed by atoms with van der Waals surface area (Å²) in [5.41, 5.74) is 8.66. The normalized spacial score (nSPS) is 10.3. The molecule has 0 aliphatic heterocycles.